The predicted molar refractivity (Wildman–Crippen MR) is 111 cm³/mol. The number of rotatable bonds is 6. The van der Waals surface area contributed by atoms with Crippen LogP contribution in [0.2, 0.25) is 0 Å². The first kappa shape index (κ1) is 20.1. The van der Waals surface area contributed by atoms with Crippen molar-refractivity contribution in [2.45, 2.75) is 26.3 Å². The second-order valence-corrected chi connectivity index (χ2v) is 7.43. The van der Waals surface area contributed by atoms with Gasteiger partial charge in [-0.1, -0.05) is 24.3 Å². The van der Waals surface area contributed by atoms with E-state index >= 15 is 0 Å². The number of nitrogens with one attached hydrogen (secondary N) is 1. The Bertz CT molecular complexity index is 1080. The zero-order valence-electron chi connectivity index (χ0n) is 16.5. The molecule has 0 aliphatic rings. The van der Waals surface area contributed by atoms with Crippen molar-refractivity contribution in [2.24, 2.45) is 0 Å². The third-order valence-corrected chi connectivity index (χ3v) is 4.48. The number of aryl methyl sites for hydroxylation is 1. The smallest absolute Gasteiger partial charge is 0.339 e. The van der Waals surface area contributed by atoms with Crippen molar-refractivity contribution >= 4 is 28.5 Å². The lowest BCUT2D eigenvalue weighted by Crippen LogP contribution is -2.47. The zero-order chi connectivity index (χ0) is 21.2. The van der Waals surface area contributed by atoms with Crippen LogP contribution in [-0.4, -0.2) is 34.1 Å². The Morgan fingerprint density at radius 2 is 1.83 bits per heavy atom. The number of carbonyl (C=O) groups is 2. The minimum Gasteiger partial charge on any atom is -0.490 e. The number of carboxylic acids is 1. The first-order chi connectivity index (χ1) is 13.7. The Kier molecular flexibility index (Phi) is 5.41. The molecule has 150 valence electrons. The molecule has 0 saturated carbocycles. The van der Waals surface area contributed by atoms with Gasteiger partial charge in [0.05, 0.1) is 27.8 Å². The van der Waals surface area contributed by atoms with Gasteiger partial charge in [0.15, 0.2) is 0 Å². The molecule has 1 aromatic heterocycles. The van der Waals surface area contributed by atoms with E-state index < -0.39 is 11.5 Å². The number of carboxylic acid groups (broad SMARTS) is 1. The minimum atomic E-state index is -1.14. The van der Waals surface area contributed by atoms with E-state index in [2.05, 4.69) is 10.3 Å². The molecular weight excluding hydrogens is 370 g/mol. The molecule has 1 heterocycles. The van der Waals surface area contributed by atoms with E-state index in [4.69, 9.17) is 10.5 Å². The van der Waals surface area contributed by atoms with E-state index in [1.807, 2.05) is 19.9 Å². The number of aromatic nitrogens is 1. The summed E-state index contributed by atoms with van der Waals surface area (Å²) >= 11 is 0. The van der Waals surface area contributed by atoms with Crippen LogP contribution in [0.1, 0.15) is 40.3 Å². The number of amides is 1. The second kappa shape index (κ2) is 7.79. The van der Waals surface area contributed by atoms with Gasteiger partial charge in [-0.25, -0.2) is 4.79 Å². The Morgan fingerprint density at radius 1 is 1.14 bits per heavy atom. The normalized spacial score (nSPS) is 11.3. The van der Waals surface area contributed by atoms with E-state index in [0.29, 0.717) is 27.9 Å². The van der Waals surface area contributed by atoms with Crippen LogP contribution in [0, 0.1) is 6.92 Å². The van der Waals surface area contributed by atoms with Crippen molar-refractivity contribution in [3.05, 3.63) is 65.4 Å². The van der Waals surface area contributed by atoms with Crippen molar-refractivity contribution < 1.29 is 19.4 Å². The first-order valence-corrected chi connectivity index (χ1v) is 9.12. The standard InChI is InChI=1S/C22H23N3O4/c1-13-17(21(27)28)19(23)18-15(24-13)10-7-11-16(18)29-12-22(2,3)25-20(26)14-8-5-4-6-9-14/h4-11H,12H2,1-3H3,(H2,23,24)(H,25,26)(H,27,28). The maximum absolute atomic E-state index is 12.4. The minimum absolute atomic E-state index is 0.0369. The van der Waals surface area contributed by atoms with Gasteiger partial charge in [-0.15, -0.1) is 0 Å². The summed E-state index contributed by atoms with van der Waals surface area (Å²) < 4.78 is 5.95. The topological polar surface area (TPSA) is 115 Å². The highest BCUT2D eigenvalue weighted by molar-refractivity contribution is 6.06. The number of hydrogen-bond acceptors (Lipinski definition) is 5. The number of nitrogens with two attached hydrogens (primary N) is 1. The van der Waals surface area contributed by atoms with E-state index in [-0.39, 0.29) is 23.8 Å². The number of hydrogen-bond donors (Lipinski definition) is 3. The van der Waals surface area contributed by atoms with Gasteiger partial charge in [0.25, 0.3) is 5.91 Å². The molecule has 2 aromatic carbocycles. The van der Waals surface area contributed by atoms with Crippen LogP contribution in [0.4, 0.5) is 5.69 Å². The highest BCUT2D eigenvalue weighted by Gasteiger charge is 2.24. The molecule has 4 N–H and O–H groups in total. The molecule has 0 atom stereocenters. The average molecular weight is 393 g/mol. The molecule has 0 fully saturated rings. The summed E-state index contributed by atoms with van der Waals surface area (Å²) in [7, 11) is 0. The Morgan fingerprint density at radius 3 is 2.48 bits per heavy atom. The number of pyridine rings is 1. The van der Waals surface area contributed by atoms with E-state index in [0.717, 1.165) is 0 Å². The van der Waals surface area contributed by atoms with Crippen LogP contribution in [0.5, 0.6) is 5.75 Å². The van der Waals surface area contributed by atoms with Crippen LogP contribution in [0.15, 0.2) is 48.5 Å². The number of aromatic carboxylic acids is 1. The van der Waals surface area contributed by atoms with Crippen LogP contribution in [0.25, 0.3) is 10.9 Å². The highest BCUT2D eigenvalue weighted by atomic mass is 16.5. The Balaban J connectivity index is 1.85. The summed E-state index contributed by atoms with van der Waals surface area (Å²) in [6.45, 7) is 5.44. The van der Waals surface area contributed by atoms with Gasteiger partial charge >= 0.3 is 5.97 Å². The number of fused-ring (bicyclic) bond motifs is 1. The van der Waals surface area contributed by atoms with Crippen LogP contribution in [-0.2, 0) is 0 Å². The lowest BCUT2D eigenvalue weighted by Gasteiger charge is -2.27. The monoisotopic (exact) mass is 393 g/mol. The fraction of sp³-hybridized carbons (Fsp3) is 0.227. The van der Waals surface area contributed by atoms with Gasteiger partial charge in [0.1, 0.15) is 17.9 Å². The summed E-state index contributed by atoms with van der Waals surface area (Å²) in [4.78, 5) is 28.3. The van der Waals surface area contributed by atoms with Crippen LogP contribution in [0.3, 0.4) is 0 Å². The lowest BCUT2D eigenvalue weighted by atomic mass is 10.0. The van der Waals surface area contributed by atoms with Gasteiger partial charge in [-0.2, -0.15) is 0 Å². The molecule has 0 unspecified atom stereocenters. The summed E-state index contributed by atoms with van der Waals surface area (Å²) in [5, 5.41) is 12.8. The number of ether oxygens (including phenoxy) is 1. The second-order valence-electron chi connectivity index (χ2n) is 7.43. The third-order valence-electron chi connectivity index (χ3n) is 4.48. The molecule has 0 bridgehead atoms. The van der Waals surface area contributed by atoms with Gasteiger partial charge < -0.3 is 20.9 Å². The summed E-state index contributed by atoms with van der Waals surface area (Å²) in [6.07, 6.45) is 0. The molecule has 7 nitrogen and oxygen atoms in total. The largest absolute Gasteiger partial charge is 0.490 e. The van der Waals surface area contributed by atoms with Gasteiger partial charge in [0, 0.05) is 5.56 Å². The quantitative estimate of drug-likeness (QED) is 0.591. The van der Waals surface area contributed by atoms with E-state index in [1.165, 1.54) is 0 Å². The first-order valence-electron chi connectivity index (χ1n) is 9.12. The molecule has 1 amide bonds. The maximum atomic E-state index is 12.4. The molecule has 0 spiro atoms. The van der Waals surface area contributed by atoms with Crippen molar-refractivity contribution in [2.75, 3.05) is 12.3 Å². The average Bonchev–Trinajstić information content (AvgIpc) is 2.66. The van der Waals surface area contributed by atoms with Crippen molar-refractivity contribution in [3.63, 3.8) is 0 Å². The molecule has 7 heteroatoms. The maximum Gasteiger partial charge on any atom is 0.339 e. The molecule has 3 aromatic rings. The number of nitrogen functional groups attached to an aromatic ring is 1. The van der Waals surface area contributed by atoms with Gasteiger partial charge in [-0.3, -0.25) is 9.78 Å². The highest BCUT2D eigenvalue weighted by Crippen LogP contribution is 2.33. The fourth-order valence-corrected chi connectivity index (χ4v) is 3.09. The fourth-order valence-electron chi connectivity index (χ4n) is 3.09. The molecule has 0 aliphatic heterocycles. The molecule has 0 radical (unpaired) electrons. The Hall–Kier alpha value is -3.61. The number of anilines is 1. The number of benzene rings is 2. The third kappa shape index (κ3) is 4.29. The molecule has 0 aliphatic carbocycles. The lowest BCUT2D eigenvalue weighted by molar-refractivity contribution is 0.0696. The summed E-state index contributed by atoms with van der Waals surface area (Å²) in [6, 6.07) is 14.1. The molecule has 3 rings (SSSR count). The van der Waals surface area contributed by atoms with Crippen LogP contribution < -0.4 is 15.8 Å². The molecule has 29 heavy (non-hydrogen) atoms. The molecule has 0 saturated heterocycles. The number of nitrogens with zero attached hydrogens (tertiary/aromatic N) is 1. The number of carbonyl (C=O) groups excluding carboxylic acids is 1. The van der Waals surface area contributed by atoms with E-state index in [1.54, 1.807) is 49.4 Å². The van der Waals surface area contributed by atoms with Crippen molar-refractivity contribution in [1.82, 2.24) is 10.3 Å². The van der Waals surface area contributed by atoms with Crippen LogP contribution >= 0.6 is 0 Å². The van der Waals surface area contributed by atoms with Gasteiger partial charge in [-0.05, 0) is 45.0 Å². The van der Waals surface area contributed by atoms with E-state index in [9.17, 15) is 14.7 Å². The Labute approximate surface area is 168 Å². The summed E-state index contributed by atoms with van der Waals surface area (Å²) in [5.74, 6) is -0.932. The molecular formula is C22H23N3O4. The zero-order valence-corrected chi connectivity index (χ0v) is 16.5. The van der Waals surface area contributed by atoms with Gasteiger partial charge in [0.2, 0.25) is 0 Å². The SMILES string of the molecule is Cc1nc2cccc(OCC(C)(C)NC(=O)c3ccccc3)c2c(N)c1C(=O)O. The predicted octanol–water partition coefficient (Wildman–Crippen LogP) is 3.41. The van der Waals surface area contributed by atoms with Crippen molar-refractivity contribution in [3.8, 4) is 5.75 Å². The summed E-state index contributed by atoms with van der Waals surface area (Å²) in [5.41, 5.74) is 6.99. The van der Waals surface area contributed by atoms with Crippen molar-refractivity contribution in [1.29, 1.82) is 0 Å².